The molecule has 0 radical (unpaired) electrons. The van der Waals surface area contributed by atoms with Crippen molar-refractivity contribution < 1.29 is 31.5 Å². The van der Waals surface area contributed by atoms with Crippen molar-refractivity contribution in [1.29, 1.82) is 0 Å². The number of carbonyl (C=O) groups is 1. The summed E-state index contributed by atoms with van der Waals surface area (Å²) in [6.45, 7) is 3.43. The number of methoxy groups -OCH3 is 1. The van der Waals surface area contributed by atoms with Crippen LogP contribution in [0, 0.1) is 11.6 Å². The van der Waals surface area contributed by atoms with Crippen LogP contribution in [0.25, 0.3) is 0 Å². The molecule has 0 spiro atoms. The van der Waals surface area contributed by atoms with Crippen molar-refractivity contribution in [2.24, 2.45) is 0 Å². The largest absolute Gasteiger partial charge is 0.476 e. The third kappa shape index (κ3) is 13.3. The van der Waals surface area contributed by atoms with Crippen molar-refractivity contribution in [3.05, 3.63) is 29.3 Å². The van der Waals surface area contributed by atoms with Gasteiger partial charge in [0.1, 0.15) is 0 Å². The summed E-state index contributed by atoms with van der Waals surface area (Å²) >= 11 is 4.35. The lowest BCUT2D eigenvalue weighted by Crippen LogP contribution is -2.36. The van der Waals surface area contributed by atoms with E-state index in [9.17, 15) is 22.0 Å². The zero-order valence-corrected chi connectivity index (χ0v) is 24.3. The summed E-state index contributed by atoms with van der Waals surface area (Å²) < 4.78 is 66.5. The van der Waals surface area contributed by atoms with Gasteiger partial charge in [-0.25, -0.2) is 26.7 Å². The minimum Gasteiger partial charge on any atom is -0.476 e. The van der Waals surface area contributed by atoms with Gasteiger partial charge in [0.05, 0.1) is 12.4 Å². The summed E-state index contributed by atoms with van der Waals surface area (Å²) in [6.07, 6.45) is 13.8. The summed E-state index contributed by atoms with van der Waals surface area (Å²) in [6, 6.07) is 2.05. The second-order valence-corrected chi connectivity index (χ2v) is 12.1. The van der Waals surface area contributed by atoms with Crippen LogP contribution in [0.3, 0.4) is 0 Å². The van der Waals surface area contributed by atoms with Crippen LogP contribution in [0.4, 0.5) is 8.78 Å². The fraction of sp³-hybridized carbons (Fsp3) is 0.741. The van der Waals surface area contributed by atoms with Gasteiger partial charge in [0.25, 0.3) is 0 Å². The number of thiol groups is 1. The molecule has 0 aliphatic rings. The average molecular weight is 566 g/mol. The van der Waals surface area contributed by atoms with Gasteiger partial charge in [-0.15, -0.1) is 0 Å². The molecule has 6 nitrogen and oxygen atoms in total. The number of esters is 1. The third-order valence-electron chi connectivity index (χ3n) is 6.37. The van der Waals surface area contributed by atoms with Crippen molar-refractivity contribution in [3.8, 4) is 5.75 Å². The molecule has 1 rings (SSSR count). The molecule has 1 aromatic carbocycles. The van der Waals surface area contributed by atoms with Gasteiger partial charge < -0.3 is 9.47 Å². The highest BCUT2D eigenvalue weighted by atomic mass is 32.2. The lowest BCUT2D eigenvalue weighted by Gasteiger charge is -2.20. The highest BCUT2D eigenvalue weighted by Crippen LogP contribution is 2.29. The second kappa shape index (κ2) is 18.8. The first-order valence-corrected chi connectivity index (χ1v) is 15.6. The minimum absolute atomic E-state index is 0.106. The van der Waals surface area contributed by atoms with E-state index in [1.807, 2.05) is 6.92 Å². The number of halogens is 2. The predicted molar refractivity (Wildman–Crippen MR) is 148 cm³/mol. The Bertz CT molecular complexity index is 876. The number of hydrogen-bond acceptors (Lipinski definition) is 6. The molecule has 0 aliphatic carbocycles. The van der Waals surface area contributed by atoms with Crippen LogP contribution in [0.5, 0.6) is 5.75 Å². The minimum atomic E-state index is -3.61. The lowest BCUT2D eigenvalue weighted by atomic mass is 10.0. The zero-order valence-electron chi connectivity index (χ0n) is 22.6. The highest BCUT2D eigenvalue weighted by Gasteiger charge is 2.25. The number of benzene rings is 1. The van der Waals surface area contributed by atoms with Gasteiger partial charge in [-0.05, 0) is 30.5 Å². The maximum atomic E-state index is 14.4. The SMILES string of the molecule is CCCCCCCCCCCCC(CCC)S(=O)(=O)NCC(S)c1cc(F)c(OCC(=O)OC)c(F)c1. The molecule has 0 heterocycles. The van der Waals surface area contributed by atoms with Crippen LogP contribution in [0.2, 0.25) is 0 Å². The number of carbonyl (C=O) groups excluding carboxylic acids is 1. The van der Waals surface area contributed by atoms with Crippen molar-refractivity contribution in [2.45, 2.75) is 108 Å². The van der Waals surface area contributed by atoms with Crippen molar-refractivity contribution >= 4 is 28.6 Å². The first-order chi connectivity index (χ1) is 17.7. The molecule has 37 heavy (non-hydrogen) atoms. The van der Waals surface area contributed by atoms with E-state index in [1.54, 1.807) is 0 Å². The fourth-order valence-corrected chi connectivity index (χ4v) is 6.19. The molecular weight excluding hydrogens is 520 g/mol. The predicted octanol–water partition coefficient (Wildman–Crippen LogP) is 6.89. The van der Waals surface area contributed by atoms with E-state index in [4.69, 9.17) is 4.74 Å². The first kappa shape index (κ1) is 33.6. The Morgan fingerprint density at radius 1 is 0.919 bits per heavy atom. The Morgan fingerprint density at radius 2 is 1.46 bits per heavy atom. The maximum Gasteiger partial charge on any atom is 0.343 e. The molecule has 0 aromatic heterocycles. The first-order valence-electron chi connectivity index (χ1n) is 13.5. The second-order valence-electron chi connectivity index (χ2n) is 9.47. The number of sulfonamides is 1. The van der Waals surface area contributed by atoms with Crippen molar-refractivity contribution in [3.63, 3.8) is 0 Å². The molecule has 1 N–H and O–H groups in total. The Morgan fingerprint density at radius 3 is 1.97 bits per heavy atom. The summed E-state index contributed by atoms with van der Waals surface area (Å²) in [5.74, 6) is -3.49. The van der Waals surface area contributed by atoms with E-state index >= 15 is 0 Å². The van der Waals surface area contributed by atoms with Gasteiger partial charge in [0.2, 0.25) is 10.0 Å². The molecule has 0 amide bonds. The van der Waals surface area contributed by atoms with E-state index in [-0.39, 0.29) is 12.1 Å². The molecule has 10 heteroatoms. The molecule has 0 saturated heterocycles. The van der Waals surface area contributed by atoms with Crippen LogP contribution in [0.1, 0.15) is 108 Å². The summed E-state index contributed by atoms with van der Waals surface area (Å²) in [5.41, 5.74) is 0.160. The number of ether oxygens (including phenoxy) is 2. The quantitative estimate of drug-likeness (QED) is 0.0964. The Kier molecular flexibility index (Phi) is 17.1. The van der Waals surface area contributed by atoms with Gasteiger partial charge in [0.15, 0.2) is 24.0 Å². The smallest absolute Gasteiger partial charge is 0.343 e. The number of unbranched alkanes of at least 4 members (excludes halogenated alkanes) is 9. The Balaban J connectivity index is 2.55. The monoisotopic (exact) mass is 565 g/mol. The van der Waals surface area contributed by atoms with Gasteiger partial charge in [-0.2, -0.15) is 12.6 Å². The van der Waals surface area contributed by atoms with Gasteiger partial charge >= 0.3 is 5.97 Å². The molecule has 0 bridgehead atoms. The topological polar surface area (TPSA) is 81.7 Å². The van der Waals surface area contributed by atoms with E-state index in [0.29, 0.717) is 12.8 Å². The molecular formula is C27H45F2NO5S2. The normalized spacial score (nSPS) is 13.4. The molecule has 2 atom stereocenters. The molecule has 0 aliphatic heterocycles. The van der Waals surface area contributed by atoms with Gasteiger partial charge in [-0.3, -0.25) is 0 Å². The molecule has 214 valence electrons. The summed E-state index contributed by atoms with van der Waals surface area (Å²) in [4.78, 5) is 11.2. The standard InChI is InChI=1S/C27H45F2NO5S2/c1-4-6-7-8-9-10-11-12-13-14-16-22(15-5-2)37(32,33)30-19-25(36)21-17-23(28)27(24(29)18-21)35-20-26(31)34-3/h17-18,22,25,30,36H,4-16,19-20H2,1-3H3. The average Bonchev–Trinajstić information content (AvgIpc) is 2.86. The van der Waals surface area contributed by atoms with Gasteiger partial charge in [0, 0.05) is 11.8 Å². The van der Waals surface area contributed by atoms with Crippen LogP contribution < -0.4 is 9.46 Å². The van der Waals surface area contributed by atoms with Crippen LogP contribution in [-0.4, -0.2) is 39.9 Å². The van der Waals surface area contributed by atoms with Crippen molar-refractivity contribution in [1.82, 2.24) is 4.72 Å². The zero-order chi connectivity index (χ0) is 27.7. The third-order valence-corrected chi connectivity index (χ3v) is 8.77. The van der Waals surface area contributed by atoms with E-state index in [0.717, 1.165) is 44.9 Å². The Hall–Kier alpha value is -1.39. The lowest BCUT2D eigenvalue weighted by molar-refractivity contribution is -0.143. The molecule has 1 aromatic rings. The van der Waals surface area contributed by atoms with E-state index in [2.05, 4.69) is 29.0 Å². The molecule has 0 saturated carbocycles. The fourth-order valence-electron chi connectivity index (χ4n) is 4.17. The van der Waals surface area contributed by atoms with Crippen molar-refractivity contribution in [2.75, 3.05) is 20.3 Å². The van der Waals surface area contributed by atoms with Crippen LogP contribution in [0.15, 0.2) is 12.1 Å². The van der Waals surface area contributed by atoms with Gasteiger partial charge in [-0.1, -0.05) is 84.5 Å². The Labute approximate surface area is 227 Å². The number of hydrogen-bond donors (Lipinski definition) is 2. The number of nitrogens with one attached hydrogen (secondary N) is 1. The molecule has 0 fully saturated rings. The maximum absolute atomic E-state index is 14.4. The van der Waals surface area contributed by atoms with E-state index < -0.39 is 50.5 Å². The highest BCUT2D eigenvalue weighted by molar-refractivity contribution is 7.90. The molecule has 2 unspecified atom stereocenters. The number of rotatable bonds is 21. The summed E-state index contributed by atoms with van der Waals surface area (Å²) in [5, 5.41) is -1.28. The van der Waals surface area contributed by atoms with Crippen LogP contribution in [-0.2, 0) is 19.6 Å². The van der Waals surface area contributed by atoms with E-state index in [1.165, 1.54) is 44.9 Å². The summed E-state index contributed by atoms with van der Waals surface area (Å²) in [7, 11) is -2.47. The van der Waals surface area contributed by atoms with Crippen LogP contribution >= 0.6 is 12.6 Å².